The Kier molecular flexibility index (Phi) is 5.31. The molecule has 3 aromatic rings. The highest BCUT2D eigenvalue weighted by Gasteiger charge is 2.24. The molecule has 0 unspecified atom stereocenters. The van der Waals surface area contributed by atoms with Gasteiger partial charge in [-0.25, -0.2) is 9.67 Å². The van der Waals surface area contributed by atoms with Gasteiger partial charge in [0.15, 0.2) is 0 Å². The number of carbonyl (C=O) groups excluding carboxylic acids is 1. The van der Waals surface area contributed by atoms with Crippen LogP contribution in [0.25, 0.3) is 0 Å². The van der Waals surface area contributed by atoms with Crippen molar-refractivity contribution in [2.45, 2.75) is 26.9 Å². The smallest absolute Gasteiger partial charge is 0.358 e. The first-order valence-corrected chi connectivity index (χ1v) is 8.75. The van der Waals surface area contributed by atoms with Gasteiger partial charge in [0.1, 0.15) is 17.3 Å². The van der Waals surface area contributed by atoms with Crippen LogP contribution in [0.2, 0.25) is 0 Å². The fourth-order valence-corrected chi connectivity index (χ4v) is 2.93. The molecule has 11 heteroatoms. The van der Waals surface area contributed by atoms with Crippen LogP contribution >= 0.6 is 15.9 Å². The number of nitro groups is 1. The molecule has 0 aliphatic carbocycles. The summed E-state index contributed by atoms with van der Waals surface area (Å²) in [6, 6.07) is 8.01. The zero-order valence-corrected chi connectivity index (χ0v) is 16.2. The van der Waals surface area contributed by atoms with E-state index in [1.807, 2.05) is 31.2 Å². The summed E-state index contributed by atoms with van der Waals surface area (Å²) in [6.07, 6.45) is 1.53. The van der Waals surface area contributed by atoms with Crippen molar-refractivity contribution < 1.29 is 9.72 Å². The van der Waals surface area contributed by atoms with Crippen LogP contribution < -0.4 is 5.32 Å². The van der Waals surface area contributed by atoms with Crippen molar-refractivity contribution >= 4 is 33.6 Å². The summed E-state index contributed by atoms with van der Waals surface area (Å²) in [6.45, 7) is 3.98. The molecule has 0 aliphatic heterocycles. The highest BCUT2D eigenvalue weighted by Crippen LogP contribution is 2.26. The first kappa shape index (κ1) is 18.7. The van der Waals surface area contributed by atoms with Crippen molar-refractivity contribution in [2.24, 2.45) is 0 Å². The zero-order chi connectivity index (χ0) is 19.6. The molecule has 2 heterocycles. The number of nitrogens with one attached hydrogen (secondary N) is 1. The minimum Gasteiger partial charge on any atom is -0.358 e. The van der Waals surface area contributed by atoms with Gasteiger partial charge in [-0.15, -0.1) is 5.10 Å². The topological polar surface area (TPSA) is 121 Å². The molecule has 1 aromatic carbocycles. The van der Waals surface area contributed by atoms with Crippen LogP contribution in [0.15, 0.2) is 35.1 Å². The second kappa shape index (κ2) is 7.66. The highest BCUT2D eigenvalue weighted by atomic mass is 79.9. The molecular formula is C16H16BrN7O3. The van der Waals surface area contributed by atoms with E-state index in [2.05, 4.69) is 36.4 Å². The molecule has 0 spiro atoms. The fourth-order valence-electron chi connectivity index (χ4n) is 2.50. The Hall–Kier alpha value is -3.08. The van der Waals surface area contributed by atoms with E-state index >= 15 is 0 Å². The summed E-state index contributed by atoms with van der Waals surface area (Å²) < 4.78 is 3.12. The lowest BCUT2D eigenvalue weighted by atomic mass is 10.1. The van der Waals surface area contributed by atoms with Crippen molar-refractivity contribution in [1.29, 1.82) is 0 Å². The SMILES string of the molecule is Cc1cccc(Cn2cnc(NC(=O)Cn3nc([N+](=O)[O-])c(Br)c3C)n2)c1. The maximum atomic E-state index is 12.2. The highest BCUT2D eigenvalue weighted by molar-refractivity contribution is 9.10. The van der Waals surface area contributed by atoms with E-state index in [4.69, 9.17) is 0 Å². The molecule has 0 fully saturated rings. The van der Waals surface area contributed by atoms with Gasteiger partial charge >= 0.3 is 5.82 Å². The molecule has 0 bridgehead atoms. The number of aryl methyl sites for hydroxylation is 1. The lowest BCUT2D eigenvalue weighted by Crippen LogP contribution is -2.21. The minimum absolute atomic E-state index is 0.158. The average Bonchev–Trinajstić information content (AvgIpc) is 3.14. The summed E-state index contributed by atoms with van der Waals surface area (Å²) in [5.41, 5.74) is 2.70. The summed E-state index contributed by atoms with van der Waals surface area (Å²) in [5, 5.41) is 21.5. The van der Waals surface area contributed by atoms with Crippen molar-refractivity contribution in [3.8, 4) is 0 Å². The summed E-state index contributed by atoms with van der Waals surface area (Å²) in [4.78, 5) is 26.6. The van der Waals surface area contributed by atoms with Gasteiger partial charge in [-0.3, -0.25) is 10.1 Å². The first-order valence-electron chi connectivity index (χ1n) is 7.95. The van der Waals surface area contributed by atoms with Gasteiger partial charge in [-0.05, 0) is 40.3 Å². The molecular weight excluding hydrogens is 418 g/mol. The number of halogens is 1. The Labute approximate surface area is 162 Å². The molecule has 1 amide bonds. The van der Waals surface area contributed by atoms with Gasteiger partial charge in [0.2, 0.25) is 5.95 Å². The van der Waals surface area contributed by atoms with E-state index in [0.29, 0.717) is 12.2 Å². The number of rotatable bonds is 6. The van der Waals surface area contributed by atoms with Gasteiger partial charge in [-0.2, -0.15) is 4.68 Å². The molecule has 0 radical (unpaired) electrons. The summed E-state index contributed by atoms with van der Waals surface area (Å²) >= 11 is 3.11. The molecule has 10 nitrogen and oxygen atoms in total. The van der Waals surface area contributed by atoms with Crippen molar-refractivity contribution in [1.82, 2.24) is 24.5 Å². The number of hydrogen-bond donors (Lipinski definition) is 1. The van der Waals surface area contributed by atoms with Gasteiger partial charge < -0.3 is 10.1 Å². The number of carbonyl (C=O) groups is 1. The lowest BCUT2D eigenvalue weighted by molar-refractivity contribution is -0.390. The number of hydrogen-bond acceptors (Lipinski definition) is 6. The molecule has 2 aromatic heterocycles. The van der Waals surface area contributed by atoms with Crippen LogP contribution in [0.1, 0.15) is 16.8 Å². The van der Waals surface area contributed by atoms with Crippen molar-refractivity contribution in [3.05, 3.63) is 62.0 Å². The first-order chi connectivity index (χ1) is 12.8. The van der Waals surface area contributed by atoms with Gasteiger partial charge in [0.05, 0.1) is 17.3 Å². The van der Waals surface area contributed by atoms with Crippen LogP contribution in [-0.4, -0.2) is 35.4 Å². The Morgan fingerprint density at radius 3 is 2.78 bits per heavy atom. The maximum absolute atomic E-state index is 12.2. The minimum atomic E-state index is -0.611. The van der Waals surface area contributed by atoms with Crippen LogP contribution in [-0.2, 0) is 17.9 Å². The molecule has 0 atom stereocenters. The second-order valence-corrected chi connectivity index (χ2v) is 6.73. The molecule has 0 saturated heterocycles. The molecule has 0 aliphatic rings. The molecule has 27 heavy (non-hydrogen) atoms. The van der Waals surface area contributed by atoms with E-state index < -0.39 is 10.8 Å². The standard InChI is InChI=1S/C16H16BrN7O3/c1-10-4-3-5-12(6-10)7-22-9-18-16(21-22)19-13(25)8-23-11(2)14(17)15(20-23)24(26)27/h3-6,9H,7-8H2,1-2H3,(H,19,21,25). The van der Waals surface area contributed by atoms with Gasteiger partial charge in [-0.1, -0.05) is 29.8 Å². The monoisotopic (exact) mass is 433 g/mol. The van der Waals surface area contributed by atoms with Crippen molar-refractivity contribution in [2.75, 3.05) is 5.32 Å². The predicted molar refractivity (Wildman–Crippen MR) is 100 cm³/mol. The zero-order valence-electron chi connectivity index (χ0n) is 14.6. The Bertz CT molecular complexity index is 1010. The van der Waals surface area contributed by atoms with E-state index in [9.17, 15) is 14.9 Å². The van der Waals surface area contributed by atoms with Crippen molar-refractivity contribution in [3.63, 3.8) is 0 Å². The Balaban J connectivity index is 1.64. The van der Waals surface area contributed by atoms with Crippen LogP contribution in [0.4, 0.5) is 11.8 Å². The third kappa shape index (κ3) is 4.37. The normalized spacial score (nSPS) is 10.8. The van der Waals surface area contributed by atoms with Gasteiger partial charge in [0, 0.05) is 0 Å². The third-order valence-electron chi connectivity index (χ3n) is 3.80. The summed E-state index contributed by atoms with van der Waals surface area (Å²) in [7, 11) is 0. The van der Waals surface area contributed by atoms with Crippen LogP contribution in [0.3, 0.4) is 0 Å². The molecule has 3 rings (SSSR count). The second-order valence-electron chi connectivity index (χ2n) is 5.94. The van der Waals surface area contributed by atoms with Crippen LogP contribution in [0.5, 0.6) is 0 Å². The van der Waals surface area contributed by atoms with Gasteiger partial charge in [0.25, 0.3) is 5.91 Å². The molecule has 0 saturated carbocycles. The van der Waals surface area contributed by atoms with E-state index in [1.165, 1.54) is 11.0 Å². The molecule has 1 N–H and O–H groups in total. The number of amides is 1. The number of aromatic nitrogens is 5. The quantitative estimate of drug-likeness (QED) is 0.470. The summed E-state index contributed by atoms with van der Waals surface area (Å²) in [5.74, 6) is -0.608. The third-order valence-corrected chi connectivity index (χ3v) is 4.73. The lowest BCUT2D eigenvalue weighted by Gasteiger charge is -2.02. The van der Waals surface area contributed by atoms with E-state index in [1.54, 1.807) is 11.6 Å². The largest absolute Gasteiger partial charge is 0.404 e. The van der Waals surface area contributed by atoms with Crippen LogP contribution in [0, 0.1) is 24.0 Å². The van der Waals surface area contributed by atoms with E-state index in [0.717, 1.165) is 11.1 Å². The van der Waals surface area contributed by atoms with E-state index in [-0.39, 0.29) is 22.8 Å². The maximum Gasteiger partial charge on any atom is 0.404 e. The predicted octanol–water partition coefficient (Wildman–Crippen LogP) is 2.45. The number of anilines is 1. The Morgan fingerprint density at radius 2 is 2.11 bits per heavy atom. The number of benzene rings is 1. The molecule has 140 valence electrons. The average molecular weight is 434 g/mol. The number of nitrogens with zero attached hydrogens (tertiary/aromatic N) is 6. The Morgan fingerprint density at radius 1 is 1.33 bits per heavy atom. The fraction of sp³-hybridized carbons (Fsp3) is 0.250.